The zero-order valence-electron chi connectivity index (χ0n) is 9.81. The summed E-state index contributed by atoms with van der Waals surface area (Å²) in [4.78, 5) is 24.3. The minimum Gasteiger partial charge on any atom is -0.479 e. The zero-order chi connectivity index (χ0) is 14.0. The molecule has 0 aliphatic carbocycles. The Morgan fingerprint density at radius 2 is 2.21 bits per heavy atom. The molecule has 1 fully saturated rings. The number of carboxylic acid groups (broad SMARTS) is 1. The number of aliphatic carboxylic acids is 1. The van der Waals surface area contributed by atoms with Gasteiger partial charge in [0.25, 0.3) is 5.91 Å². The lowest BCUT2D eigenvalue weighted by molar-refractivity contribution is -0.154. The van der Waals surface area contributed by atoms with E-state index in [-0.39, 0.29) is 25.3 Å². The van der Waals surface area contributed by atoms with Gasteiger partial charge in [0.2, 0.25) is 0 Å². The molecule has 19 heavy (non-hydrogen) atoms. The molecule has 0 bridgehead atoms. The van der Waals surface area contributed by atoms with Gasteiger partial charge in [-0.25, -0.2) is 9.18 Å². The van der Waals surface area contributed by atoms with Crippen LogP contribution in [0.5, 0.6) is 0 Å². The Kier molecular flexibility index (Phi) is 4.16. The van der Waals surface area contributed by atoms with Crippen LogP contribution in [-0.2, 0) is 9.53 Å². The Morgan fingerprint density at radius 3 is 2.89 bits per heavy atom. The van der Waals surface area contributed by atoms with Crippen LogP contribution >= 0.6 is 15.9 Å². The van der Waals surface area contributed by atoms with Gasteiger partial charge in [0.1, 0.15) is 5.82 Å². The lowest BCUT2D eigenvalue weighted by Gasteiger charge is -2.31. The van der Waals surface area contributed by atoms with Gasteiger partial charge in [-0.2, -0.15) is 0 Å². The maximum absolute atomic E-state index is 13.6. The summed E-state index contributed by atoms with van der Waals surface area (Å²) in [6, 6.07) is 4.06. The zero-order valence-corrected chi connectivity index (χ0v) is 11.4. The third-order valence-corrected chi connectivity index (χ3v) is 3.28. The number of hydrogen-bond acceptors (Lipinski definition) is 3. The summed E-state index contributed by atoms with van der Waals surface area (Å²) in [7, 11) is 0. The van der Waals surface area contributed by atoms with Crippen molar-refractivity contribution in [3.05, 3.63) is 34.1 Å². The van der Waals surface area contributed by atoms with Gasteiger partial charge in [-0.05, 0) is 18.2 Å². The second-order valence-electron chi connectivity index (χ2n) is 4.07. The molecule has 1 aromatic carbocycles. The van der Waals surface area contributed by atoms with Crippen LogP contribution in [-0.4, -0.2) is 47.7 Å². The van der Waals surface area contributed by atoms with Gasteiger partial charge in [0.05, 0.1) is 18.7 Å². The summed E-state index contributed by atoms with van der Waals surface area (Å²) in [5.41, 5.74) is -0.0830. The predicted octanol–water partition coefficient (Wildman–Crippen LogP) is 1.51. The van der Waals surface area contributed by atoms with Crippen LogP contribution in [0.25, 0.3) is 0 Å². The molecular weight excluding hydrogens is 321 g/mol. The third-order valence-electron chi connectivity index (χ3n) is 2.79. The summed E-state index contributed by atoms with van der Waals surface area (Å²) >= 11 is 3.17. The Hall–Kier alpha value is -1.47. The smallest absolute Gasteiger partial charge is 0.334 e. The molecule has 0 radical (unpaired) electrons. The number of halogens is 2. The monoisotopic (exact) mass is 331 g/mol. The molecule has 1 aliphatic heterocycles. The number of rotatable bonds is 2. The highest BCUT2D eigenvalue weighted by Crippen LogP contribution is 2.18. The van der Waals surface area contributed by atoms with Gasteiger partial charge in [0, 0.05) is 11.0 Å². The third kappa shape index (κ3) is 3.10. The van der Waals surface area contributed by atoms with E-state index in [2.05, 4.69) is 15.9 Å². The summed E-state index contributed by atoms with van der Waals surface area (Å²) in [5.74, 6) is -2.30. The average Bonchev–Trinajstić information content (AvgIpc) is 2.41. The van der Waals surface area contributed by atoms with Crippen molar-refractivity contribution in [3.63, 3.8) is 0 Å². The van der Waals surface area contributed by atoms with Gasteiger partial charge < -0.3 is 14.7 Å². The normalized spacial score (nSPS) is 19.3. The van der Waals surface area contributed by atoms with Crippen LogP contribution < -0.4 is 0 Å². The number of amides is 1. The Labute approximate surface area is 117 Å². The SMILES string of the molecule is O=C(O)C1CN(C(=O)c2cc(Br)ccc2F)CCO1. The molecular formula is C12H11BrFNO4. The van der Waals surface area contributed by atoms with Crippen molar-refractivity contribution in [2.45, 2.75) is 6.10 Å². The standard InChI is InChI=1S/C12H11BrFNO4/c13-7-1-2-9(14)8(5-7)11(16)15-3-4-19-10(6-15)12(17)18/h1-2,5,10H,3-4,6H2,(H,17,18). The first-order chi connectivity index (χ1) is 8.99. The van der Waals surface area contributed by atoms with Gasteiger partial charge >= 0.3 is 5.97 Å². The van der Waals surface area contributed by atoms with E-state index in [1.165, 1.54) is 23.1 Å². The highest BCUT2D eigenvalue weighted by atomic mass is 79.9. The minimum atomic E-state index is -1.13. The molecule has 7 heteroatoms. The van der Waals surface area contributed by atoms with Crippen molar-refractivity contribution in [1.29, 1.82) is 0 Å². The van der Waals surface area contributed by atoms with Crippen molar-refractivity contribution >= 4 is 27.8 Å². The first-order valence-electron chi connectivity index (χ1n) is 5.58. The van der Waals surface area contributed by atoms with E-state index in [1.54, 1.807) is 0 Å². The molecule has 0 spiro atoms. The second kappa shape index (κ2) is 5.66. The summed E-state index contributed by atoms with van der Waals surface area (Å²) in [6.07, 6.45) is -1.06. The fourth-order valence-electron chi connectivity index (χ4n) is 1.81. The summed E-state index contributed by atoms with van der Waals surface area (Å²) in [5, 5.41) is 8.86. The first kappa shape index (κ1) is 14.0. The molecule has 0 aromatic heterocycles. The highest BCUT2D eigenvalue weighted by molar-refractivity contribution is 9.10. The summed E-state index contributed by atoms with van der Waals surface area (Å²) in [6.45, 7) is 0.285. The van der Waals surface area contributed by atoms with Crippen LogP contribution in [0.1, 0.15) is 10.4 Å². The molecule has 1 heterocycles. The van der Waals surface area contributed by atoms with Crippen molar-refractivity contribution in [3.8, 4) is 0 Å². The van der Waals surface area contributed by atoms with Gasteiger partial charge in [-0.15, -0.1) is 0 Å². The lowest BCUT2D eigenvalue weighted by atomic mass is 10.1. The Morgan fingerprint density at radius 1 is 1.47 bits per heavy atom. The van der Waals surface area contributed by atoms with Gasteiger partial charge in [-0.3, -0.25) is 4.79 Å². The van der Waals surface area contributed by atoms with E-state index >= 15 is 0 Å². The van der Waals surface area contributed by atoms with E-state index in [4.69, 9.17) is 9.84 Å². The number of nitrogens with zero attached hydrogens (tertiary/aromatic N) is 1. The molecule has 1 atom stereocenters. The van der Waals surface area contributed by atoms with E-state index in [1.807, 2.05) is 0 Å². The van der Waals surface area contributed by atoms with Crippen LogP contribution in [0, 0.1) is 5.82 Å². The molecule has 1 amide bonds. The Bertz CT molecular complexity index is 522. The first-order valence-corrected chi connectivity index (χ1v) is 6.37. The maximum Gasteiger partial charge on any atom is 0.334 e. The van der Waals surface area contributed by atoms with Crippen molar-refractivity contribution in [2.75, 3.05) is 19.7 Å². The largest absolute Gasteiger partial charge is 0.479 e. The summed E-state index contributed by atoms with van der Waals surface area (Å²) < 4.78 is 19.2. The topological polar surface area (TPSA) is 66.8 Å². The quantitative estimate of drug-likeness (QED) is 0.892. The van der Waals surface area contributed by atoms with Gasteiger partial charge in [-0.1, -0.05) is 15.9 Å². The molecule has 1 unspecified atom stereocenters. The molecule has 5 nitrogen and oxygen atoms in total. The number of carboxylic acids is 1. The maximum atomic E-state index is 13.6. The number of carbonyl (C=O) groups excluding carboxylic acids is 1. The van der Waals surface area contributed by atoms with E-state index in [0.29, 0.717) is 4.47 Å². The molecule has 1 saturated heterocycles. The minimum absolute atomic E-state index is 0.0830. The highest BCUT2D eigenvalue weighted by Gasteiger charge is 2.30. The van der Waals surface area contributed by atoms with Gasteiger partial charge in [0.15, 0.2) is 6.10 Å². The van der Waals surface area contributed by atoms with Crippen LogP contribution in [0.15, 0.2) is 22.7 Å². The van der Waals surface area contributed by atoms with E-state index < -0.39 is 23.8 Å². The number of benzene rings is 1. The van der Waals surface area contributed by atoms with Crippen LogP contribution in [0.3, 0.4) is 0 Å². The average molecular weight is 332 g/mol. The molecule has 102 valence electrons. The number of hydrogen-bond donors (Lipinski definition) is 1. The molecule has 0 saturated carbocycles. The molecule has 1 aliphatic rings. The Balaban J connectivity index is 2.19. The molecule has 1 N–H and O–H groups in total. The predicted molar refractivity (Wildman–Crippen MR) is 67.4 cm³/mol. The van der Waals surface area contributed by atoms with E-state index in [0.717, 1.165) is 0 Å². The molecule has 1 aromatic rings. The number of carbonyl (C=O) groups is 2. The fraction of sp³-hybridized carbons (Fsp3) is 0.333. The lowest BCUT2D eigenvalue weighted by Crippen LogP contribution is -2.48. The van der Waals surface area contributed by atoms with Crippen molar-refractivity contribution < 1.29 is 23.8 Å². The van der Waals surface area contributed by atoms with Crippen LogP contribution in [0.4, 0.5) is 4.39 Å². The number of morpholine rings is 1. The van der Waals surface area contributed by atoms with Crippen molar-refractivity contribution in [2.24, 2.45) is 0 Å². The second-order valence-corrected chi connectivity index (χ2v) is 4.99. The fourth-order valence-corrected chi connectivity index (χ4v) is 2.18. The molecule has 2 rings (SSSR count). The number of ether oxygens (including phenoxy) is 1. The van der Waals surface area contributed by atoms with Crippen molar-refractivity contribution in [1.82, 2.24) is 4.90 Å². The van der Waals surface area contributed by atoms with E-state index in [9.17, 15) is 14.0 Å². The van der Waals surface area contributed by atoms with Crippen LogP contribution in [0.2, 0.25) is 0 Å².